The van der Waals surface area contributed by atoms with Gasteiger partial charge in [-0.25, -0.2) is 4.79 Å². The minimum atomic E-state index is -0.611. The Morgan fingerprint density at radius 3 is 2.68 bits per heavy atom. The Balaban J connectivity index is 2.34. The van der Waals surface area contributed by atoms with Crippen LogP contribution in [0.15, 0.2) is 35.5 Å². The van der Waals surface area contributed by atoms with Crippen LogP contribution in [-0.4, -0.2) is 61.6 Å². The van der Waals surface area contributed by atoms with Crippen LogP contribution in [0.1, 0.15) is 5.56 Å². The van der Waals surface area contributed by atoms with Gasteiger partial charge in [0.15, 0.2) is 0 Å². The van der Waals surface area contributed by atoms with Crippen LogP contribution in [-0.2, 0) is 25.5 Å². The molecule has 8 heteroatoms. The number of hydrogen-bond donors (Lipinski definition) is 3. The third-order valence-electron chi connectivity index (χ3n) is 3.86. The highest BCUT2D eigenvalue weighted by Crippen LogP contribution is 2.25. The molecule has 1 aliphatic rings. The molecular formula is C17H21N3O5. The van der Waals surface area contributed by atoms with Gasteiger partial charge in [-0.2, -0.15) is 0 Å². The van der Waals surface area contributed by atoms with Gasteiger partial charge in [0.1, 0.15) is 5.70 Å². The first-order valence-electron chi connectivity index (χ1n) is 7.79. The van der Waals surface area contributed by atoms with Gasteiger partial charge in [-0.3, -0.25) is 9.59 Å². The number of aliphatic hydroxyl groups is 1. The molecule has 2 rings (SSSR count). The smallest absolute Gasteiger partial charge is 0.337 e. The summed E-state index contributed by atoms with van der Waals surface area (Å²) in [6, 6.07) is 7.04. The van der Waals surface area contributed by atoms with Crippen LogP contribution in [0.2, 0.25) is 0 Å². The van der Waals surface area contributed by atoms with Crippen molar-refractivity contribution >= 4 is 23.5 Å². The summed E-state index contributed by atoms with van der Waals surface area (Å²) in [4.78, 5) is 37.5. The molecule has 0 radical (unpaired) electrons. The molecule has 0 saturated carbocycles. The number of aliphatic hydroxyl groups excluding tert-OH is 1. The van der Waals surface area contributed by atoms with Gasteiger partial charge in [-0.15, -0.1) is 0 Å². The zero-order valence-corrected chi connectivity index (χ0v) is 14.2. The number of likely N-dealkylation sites (N-methyl/N-ethyl adjacent to an activating group) is 1. The van der Waals surface area contributed by atoms with E-state index >= 15 is 0 Å². The summed E-state index contributed by atoms with van der Waals surface area (Å²) in [5, 5.41) is 14.6. The quantitative estimate of drug-likeness (QED) is 0.582. The number of nitrogens with zero attached hydrogens (tertiary/aromatic N) is 1. The van der Waals surface area contributed by atoms with E-state index in [0.717, 1.165) is 0 Å². The fourth-order valence-corrected chi connectivity index (χ4v) is 2.54. The van der Waals surface area contributed by atoms with Gasteiger partial charge in [0.2, 0.25) is 5.91 Å². The number of esters is 1. The lowest BCUT2D eigenvalue weighted by atomic mass is 10.1. The number of β-amino-alcohol motifs (C(OH)–C–C–N with tert-alkyl or cyclic N) is 1. The lowest BCUT2D eigenvalue weighted by Gasteiger charge is -2.16. The van der Waals surface area contributed by atoms with Crippen LogP contribution in [0.3, 0.4) is 0 Å². The molecule has 0 aliphatic carbocycles. The highest BCUT2D eigenvalue weighted by atomic mass is 16.5. The molecule has 8 nitrogen and oxygen atoms in total. The number of para-hydroxylation sites is 1. The first kappa shape index (κ1) is 18.5. The Morgan fingerprint density at radius 2 is 2.04 bits per heavy atom. The first-order valence-corrected chi connectivity index (χ1v) is 7.79. The molecule has 0 fully saturated rings. The zero-order chi connectivity index (χ0) is 18.4. The molecule has 0 saturated heterocycles. The molecule has 25 heavy (non-hydrogen) atoms. The van der Waals surface area contributed by atoms with Crippen molar-refractivity contribution in [2.45, 2.75) is 6.42 Å². The number of amides is 2. The maximum atomic E-state index is 12.5. The van der Waals surface area contributed by atoms with E-state index in [9.17, 15) is 14.4 Å². The van der Waals surface area contributed by atoms with E-state index < -0.39 is 11.9 Å². The topological polar surface area (TPSA) is 108 Å². The second-order valence-corrected chi connectivity index (χ2v) is 5.43. The summed E-state index contributed by atoms with van der Waals surface area (Å²) >= 11 is 0. The van der Waals surface area contributed by atoms with E-state index in [1.807, 2.05) is 0 Å². The van der Waals surface area contributed by atoms with Gasteiger partial charge in [0.25, 0.3) is 5.91 Å². The van der Waals surface area contributed by atoms with Gasteiger partial charge in [-0.1, -0.05) is 18.2 Å². The Kier molecular flexibility index (Phi) is 6.13. The van der Waals surface area contributed by atoms with Crippen LogP contribution in [0, 0.1) is 0 Å². The predicted octanol–water partition coefficient (Wildman–Crippen LogP) is -0.351. The molecule has 0 atom stereocenters. The maximum Gasteiger partial charge on any atom is 0.337 e. The van der Waals surface area contributed by atoms with Crippen molar-refractivity contribution in [1.82, 2.24) is 10.2 Å². The summed E-state index contributed by atoms with van der Waals surface area (Å²) in [5.74, 6) is -1.18. The lowest BCUT2D eigenvalue weighted by molar-refractivity contribution is -0.136. The average Bonchev–Trinajstić information content (AvgIpc) is 2.92. The fraction of sp³-hybridized carbons (Fsp3) is 0.353. The molecule has 0 bridgehead atoms. The third kappa shape index (κ3) is 4.16. The maximum absolute atomic E-state index is 12.5. The standard InChI is InChI=1S/C17H21N3O5/c1-18-14(22)9-11-5-3-4-6-13(11)19-15-12(17(24)25-2)10-20(7-8-21)16(15)23/h3-6,19,21H,7-10H2,1-2H3,(H,18,22). The Bertz CT molecular complexity index is 714. The number of benzene rings is 1. The Morgan fingerprint density at radius 1 is 1.32 bits per heavy atom. The Hall–Kier alpha value is -2.87. The van der Waals surface area contributed by atoms with Crippen molar-refractivity contribution in [3.05, 3.63) is 41.1 Å². The summed E-state index contributed by atoms with van der Waals surface area (Å²) in [6.45, 7) is -0.0306. The minimum Gasteiger partial charge on any atom is -0.466 e. The number of carbonyl (C=O) groups is 3. The molecule has 3 N–H and O–H groups in total. The molecule has 1 aromatic rings. The molecule has 134 valence electrons. The highest BCUT2D eigenvalue weighted by Gasteiger charge is 2.34. The first-order chi connectivity index (χ1) is 12.0. The predicted molar refractivity (Wildman–Crippen MR) is 90.5 cm³/mol. The molecule has 1 heterocycles. The third-order valence-corrected chi connectivity index (χ3v) is 3.86. The summed E-state index contributed by atoms with van der Waals surface area (Å²) < 4.78 is 4.75. The van der Waals surface area contributed by atoms with Crippen molar-refractivity contribution in [3.8, 4) is 0 Å². The van der Waals surface area contributed by atoms with Crippen LogP contribution >= 0.6 is 0 Å². The summed E-state index contributed by atoms with van der Waals surface area (Å²) in [6.07, 6.45) is 0.134. The van der Waals surface area contributed by atoms with Gasteiger partial charge in [0, 0.05) is 19.3 Å². The SMILES string of the molecule is CNC(=O)Cc1ccccc1NC1=C(C(=O)OC)CN(CCO)C1=O. The normalized spacial score (nSPS) is 13.9. The van der Waals surface area contributed by atoms with Crippen LogP contribution in [0.4, 0.5) is 5.69 Å². The second-order valence-electron chi connectivity index (χ2n) is 5.43. The number of ether oxygens (including phenoxy) is 1. The monoisotopic (exact) mass is 347 g/mol. The van der Waals surface area contributed by atoms with E-state index in [1.165, 1.54) is 12.0 Å². The molecular weight excluding hydrogens is 326 g/mol. The van der Waals surface area contributed by atoms with Crippen LogP contribution in [0.5, 0.6) is 0 Å². The largest absolute Gasteiger partial charge is 0.466 e. The van der Waals surface area contributed by atoms with Crippen molar-refractivity contribution in [3.63, 3.8) is 0 Å². The van der Waals surface area contributed by atoms with Crippen LogP contribution < -0.4 is 10.6 Å². The number of methoxy groups -OCH3 is 1. The average molecular weight is 347 g/mol. The highest BCUT2D eigenvalue weighted by molar-refractivity contribution is 6.08. The zero-order valence-electron chi connectivity index (χ0n) is 14.2. The van der Waals surface area contributed by atoms with E-state index in [4.69, 9.17) is 9.84 Å². The lowest BCUT2D eigenvalue weighted by Crippen LogP contribution is -2.31. The van der Waals surface area contributed by atoms with Gasteiger partial charge < -0.3 is 25.4 Å². The van der Waals surface area contributed by atoms with E-state index in [-0.39, 0.29) is 43.3 Å². The second kappa shape index (κ2) is 8.29. The molecule has 0 aromatic heterocycles. The fourth-order valence-electron chi connectivity index (χ4n) is 2.54. The molecule has 1 aromatic carbocycles. The summed E-state index contributed by atoms with van der Waals surface area (Å²) in [5.41, 5.74) is 1.54. The Labute approximate surface area is 145 Å². The van der Waals surface area contributed by atoms with E-state index in [0.29, 0.717) is 11.3 Å². The number of nitrogens with one attached hydrogen (secondary N) is 2. The number of hydrogen-bond acceptors (Lipinski definition) is 6. The summed E-state index contributed by atoms with van der Waals surface area (Å²) in [7, 11) is 2.79. The molecule has 2 amide bonds. The number of rotatable bonds is 7. The van der Waals surface area contributed by atoms with Gasteiger partial charge >= 0.3 is 5.97 Å². The molecule has 0 spiro atoms. The van der Waals surface area contributed by atoms with Crippen LogP contribution in [0.25, 0.3) is 0 Å². The number of anilines is 1. The van der Waals surface area contributed by atoms with Crippen molar-refractivity contribution in [1.29, 1.82) is 0 Å². The van der Waals surface area contributed by atoms with E-state index in [2.05, 4.69) is 10.6 Å². The van der Waals surface area contributed by atoms with Crippen molar-refractivity contribution < 1.29 is 24.2 Å². The van der Waals surface area contributed by atoms with Crippen molar-refractivity contribution in [2.24, 2.45) is 0 Å². The number of carbonyl (C=O) groups excluding carboxylic acids is 3. The van der Waals surface area contributed by atoms with E-state index in [1.54, 1.807) is 31.3 Å². The van der Waals surface area contributed by atoms with Gasteiger partial charge in [0.05, 0.1) is 32.3 Å². The van der Waals surface area contributed by atoms with Crippen molar-refractivity contribution in [2.75, 3.05) is 39.2 Å². The minimum absolute atomic E-state index is 0.0615. The molecule has 0 unspecified atom stereocenters. The molecule has 1 aliphatic heterocycles. The van der Waals surface area contributed by atoms with Gasteiger partial charge in [-0.05, 0) is 11.6 Å².